The molecule has 1 atom stereocenters. The van der Waals surface area contributed by atoms with Gasteiger partial charge >= 0.3 is 5.97 Å². The van der Waals surface area contributed by atoms with Gasteiger partial charge < -0.3 is 5.11 Å². The Bertz CT molecular complexity index is 265. The van der Waals surface area contributed by atoms with E-state index in [4.69, 9.17) is 5.11 Å². The molecule has 0 aliphatic carbocycles. The van der Waals surface area contributed by atoms with Gasteiger partial charge in [-0.3, -0.25) is 14.6 Å². The first-order valence-corrected chi connectivity index (χ1v) is 4.65. The molecule has 80 valence electrons. The van der Waals surface area contributed by atoms with E-state index in [0.29, 0.717) is 6.42 Å². The summed E-state index contributed by atoms with van der Waals surface area (Å²) >= 11 is 0. The smallest absolute Gasteiger partial charge is 0.324 e. The molecule has 1 saturated heterocycles. The lowest BCUT2D eigenvalue weighted by Crippen LogP contribution is -2.48. The van der Waals surface area contributed by atoms with E-state index in [0.717, 1.165) is 0 Å². The van der Waals surface area contributed by atoms with Crippen molar-refractivity contribution in [1.82, 2.24) is 10.4 Å². The van der Waals surface area contributed by atoms with Gasteiger partial charge in [0.15, 0.2) is 0 Å². The molecular formula is C9H16N2O3. The normalized spacial score (nSPS) is 27.4. The highest BCUT2D eigenvalue weighted by Gasteiger charge is 2.41. The molecule has 1 fully saturated rings. The van der Waals surface area contributed by atoms with Crippen LogP contribution in [0.1, 0.15) is 27.2 Å². The molecule has 0 radical (unpaired) electrons. The van der Waals surface area contributed by atoms with E-state index in [1.807, 2.05) is 20.8 Å². The molecule has 14 heavy (non-hydrogen) atoms. The number of nitrogens with zero attached hydrogens (tertiary/aromatic N) is 1. The van der Waals surface area contributed by atoms with Crippen LogP contribution in [-0.2, 0) is 9.59 Å². The summed E-state index contributed by atoms with van der Waals surface area (Å²) in [5, 5.41) is 9.75. The number of amides is 1. The number of hydrazine groups is 1. The van der Waals surface area contributed by atoms with Crippen molar-refractivity contribution in [2.75, 3.05) is 6.54 Å². The predicted molar refractivity (Wildman–Crippen MR) is 50.3 cm³/mol. The summed E-state index contributed by atoms with van der Waals surface area (Å²) in [6.07, 6.45) is 0.359. The zero-order valence-corrected chi connectivity index (χ0v) is 8.70. The molecule has 5 heteroatoms. The Kier molecular flexibility index (Phi) is 2.80. The number of aliphatic carboxylic acids is 1. The van der Waals surface area contributed by atoms with E-state index < -0.39 is 5.97 Å². The summed E-state index contributed by atoms with van der Waals surface area (Å²) in [7, 11) is 0. The lowest BCUT2D eigenvalue weighted by molar-refractivity contribution is -0.144. The van der Waals surface area contributed by atoms with E-state index in [-0.39, 0.29) is 23.9 Å². The fraction of sp³-hybridized carbons (Fsp3) is 0.778. The van der Waals surface area contributed by atoms with Gasteiger partial charge in [0.05, 0.1) is 0 Å². The van der Waals surface area contributed by atoms with Crippen molar-refractivity contribution in [3.05, 3.63) is 0 Å². The minimum Gasteiger partial charge on any atom is -0.480 e. The quantitative estimate of drug-likeness (QED) is 0.684. The van der Waals surface area contributed by atoms with Gasteiger partial charge in [-0.2, -0.15) is 0 Å². The summed E-state index contributed by atoms with van der Waals surface area (Å²) in [5.41, 5.74) is 2.64. The van der Waals surface area contributed by atoms with Crippen molar-refractivity contribution in [1.29, 1.82) is 0 Å². The van der Waals surface area contributed by atoms with Gasteiger partial charge in [-0.15, -0.1) is 0 Å². The van der Waals surface area contributed by atoms with E-state index in [2.05, 4.69) is 5.43 Å². The van der Waals surface area contributed by atoms with Crippen LogP contribution in [0.2, 0.25) is 0 Å². The molecule has 1 rings (SSSR count). The van der Waals surface area contributed by atoms with Crippen LogP contribution in [0.3, 0.4) is 0 Å². The molecule has 0 saturated carbocycles. The zero-order valence-electron chi connectivity index (χ0n) is 8.70. The van der Waals surface area contributed by atoms with Crippen LogP contribution in [0.15, 0.2) is 0 Å². The summed E-state index contributed by atoms with van der Waals surface area (Å²) in [5.74, 6) is -0.868. The van der Waals surface area contributed by atoms with Crippen molar-refractivity contribution in [3.8, 4) is 0 Å². The minimum absolute atomic E-state index is 0.149. The number of carboxylic acid groups (broad SMARTS) is 1. The molecule has 0 bridgehead atoms. The average molecular weight is 200 g/mol. The molecule has 1 aliphatic heterocycles. The maximum Gasteiger partial charge on any atom is 0.324 e. The summed E-state index contributed by atoms with van der Waals surface area (Å²) in [4.78, 5) is 21.9. The highest BCUT2D eigenvalue weighted by molar-refractivity contribution is 5.83. The molecule has 0 aromatic heterocycles. The molecule has 1 heterocycles. The minimum atomic E-state index is -1.00. The molecular weight excluding hydrogens is 184 g/mol. The maximum absolute atomic E-state index is 11.4. The van der Waals surface area contributed by atoms with E-state index in [1.54, 1.807) is 0 Å². The van der Waals surface area contributed by atoms with Crippen molar-refractivity contribution < 1.29 is 14.7 Å². The molecule has 2 N–H and O–H groups in total. The van der Waals surface area contributed by atoms with E-state index in [1.165, 1.54) is 5.01 Å². The number of carbonyl (C=O) groups excluding carboxylic acids is 1. The number of rotatable bonds is 3. The lowest BCUT2D eigenvalue weighted by atomic mass is 9.87. The SMILES string of the molecule is CC(C)C1(C)CC(=O)N(CC(=O)O)N1. The Morgan fingerprint density at radius 3 is 2.64 bits per heavy atom. The van der Waals surface area contributed by atoms with Gasteiger partial charge in [-0.1, -0.05) is 13.8 Å². The van der Waals surface area contributed by atoms with Crippen LogP contribution in [0.25, 0.3) is 0 Å². The molecule has 0 aromatic rings. The van der Waals surface area contributed by atoms with Crippen LogP contribution in [0, 0.1) is 5.92 Å². The Hall–Kier alpha value is -1.10. The maximum atomic E-state index is 11.4. The van der Waals surface area contributed by atoms with Gasteiger partial charge in [0.1, 0.15) is 6.54 Å². The van der Waals surface area contributed by atoms with Crippen LogP contribution >= 0.6 is 0 Å². The van der Waals surface area contributed by atoms with Crippen molar-refractivity contribution in [2.24, 2.45) is 5.92 Å². The number of carboxylic acids is 1. The van der Waals surface area contributed by atoms with E-state index in [9.17, 15) is 9.59 Å². The average Bonchev–Trinajstić information content (AvgIpc) is 2.27. The van der Waals surface area contributed by atoms with Gasteiger partial charge in [0.2, 0.25) is 5.91 Å². The molecule has 5 nitrogen and oxygen atoms in total. The van der Waals surface area contributed by atoms with Gasteiger partial charge in [-0.05, 0) is 12.8 Å². The molecule has 0 aromatic carbocycles. The van der Waals surface area contributed by atoms with Crippen molar-refractivity contribution >= 4 is 11.9 Å². The van der Waals surface area contributed by atoms with Crippen LogP contribution in [-0.4, -0.2) is 34.1 Å². The summed E-state index contributed by atoms with van der Waals surface area (Å²) in [6.45, 7) is 5.66. The van der Waals surface area contributed by atoms with Crippen LogP contribution in [0.4, 0.5) is 0 Å². The first kappa shape index (κ1) is 11.0. The fourth-order valence-corrected chi connectivity index (χ4v) is 1.42. The number of nitrogens with one attached hydrogen (secondary N) is 1. The Morgan fingerprint density at radius 1 is 1.71 bits per heavy atom. The first-order valence-electron chi connectivity index (χ1n) is 4.65. The third kappa shape index (κ3) is 2.04. The van der Waals surface area contributed by atoms with Gasteiger partial charge in [-0.25, -0.2) is 5.43 Å². The second-order valence-corrected chi connectivity index (χ2v) is 4.23. The Balaban J connectivity index is 2.68. The van der Waals surface area contributed by atoms with Crippen LogP contribution in [0.5, 0.6) is 0 Å². The van der Waals surface area contributed by atoms with Gasteiger partial charge in [0.25, 0.3) is 0 Å². The third-order valence-electron chi connectivity index (χ3n) is 2.78. The third-order valence-corrected chi connectivity index (χ3v) is 2.78. The second kappa shape index (κ2) is 3.57. The fourth-order valence-electron chi connectivity index (χ4n) is 1.42. The standard InChI is InChI=1S/C9H16N2O3/c1-6(2)9(3)4-7(12)11(10-9)5-8(13)14/h6,10H,4-5H2,1-3H3,(H,13,14). The van der Waals surface area contributed by atoms with Gasteiger partial charge in [0, 0.05) is 12.0 Å². The highest BCUT2D eigenvalue weighted by atomic mass is 16.4. The second-order valence-electron chi connectivity index (χ2n) is 4.23. The largest absolute Gasteiger partial charge is 0.480 e. The highest BCUT2D eigenvalue weighted by Crippen LogP contribution is 2.26. The monoisotopic (exact) mass is 200 g/mol. The summed E-state index contributed by atoms with van der Waals surface area (Å²) in [6, 6.07) is 0. The number of carbonyl (C=O) groups is 2. The van der Waals surface area contributed by atoms with Crippen molar-refractivity contribution in [2.45, 2.75) is 32.7 Å². The first-order chi connectivity index (χ1) is 6.35. The Labute approximate surface area is 83.1 Å². The molecule has 0 spiro atoms. The topological polar surface area (TPSA) is 69.6 Å². The van der Waals surface area contributed by atoms with Crippen LogP contribution < -0.4 is 5.43 Å². The molecule has 1 aliphatic rings. The Morgan fingerprint density at radius 2 is 2.29 bits per heavy atom. The zero-order chi connectivity index (χ0) is 10.9. The van der Waals surface area contributed by atoms with Crippen molar-refractivity contribution in [3.63, 3.8) is 0 Å². The number of hydrogen-bond acceptors (Lipinski definition) is 3. The lowest BCUT2D eigenvalue weighted by Gasteiger charge is -2.29. The summed E-state index contributed by atoms with van der Waals surface area (Å²) < 4.78 is 0. The predicted octanol–water partition coefficient (Wildman–Crippen LogP) is 0.223. The van der Waals surface area contributed by atoms with E-state index >= 15 is 0 Å². The number of hydrogen-bond donors (Lipinski definition) is 2. The molecule has 1 amide bonds. The molecule has 1 unspecified atom stereocenters.